The van der Waals surface area contributed by atoms with Gasteiger partial charge in [0.1, 0.15) is 0 Å². The Bertz CT molecular complexity index is 255. The third-order valence-electron chi connectivity index (χ3n) is 4.82. The molecular formula is C17H36N2O. The Morgan fingerprint density at radius 2 is 1.90 bits per heavy atom. The fourth-order valence-corrected chi connectivity index (χ4v) is 3.59. The van der Waals surface area contributed by atoms with E-state index in [0.29, 0.717) is 18.0 Å². The molecule has 1 aliphatic rings. The van der Waals surface area contributed by atoms with Gasteiger partial charge < -0.3 is 10.1 Å². The number of nitrogens with one attached hydrogen (secondary N) is 1. The second-order valence-corrected chi connectivity index (χ2v) is 7.16. The minimum absolute atomic E-state index is 0.639. The largest absolute Gasteiger partial charge is 0.383 e. The maximum atomic E-state index is 5.33. The molecule has 1 fully saturated rings. The van der Waals surface area contributed by atoms with Crippen LogP contribution in [0.25, 0.3) is 0 Å². The second kappa shape index (κ2) is 9.01. The summed E-state index contributed by atoms with van der Waals surface area (Å²) in [4.78, 5) is 2.67. The highest BCUT2D eigenvalue weighted by Gasteiger charge is 2.34. The zero-order valence-corrected chi connectivity index (χ0v) is 14.5. The first-order valence-electron chi connectivity index (χ1n) is 8.39. The van der Waals surface area contributed by atoms with Gasteiger partial charge in [-0.1, -0.05) is 27.7 Å². The van der Waals surface area contributed by atoms with Crippen LogP contribution < -0.4 is 5.32 Å². The molecule has 1 N–H and O–H groups in total. The standard InChI is InChI=1S/C17H36N2O/c1-13(2)12-19(9-10-20-6)17-11-15(14(3)4)7-8-16(17)18-5/h13-18H,7-12H2,1-6H3. The molecule has 1 aliphatic carbocycles. The number of nitrogens with zero attached hydrogens (tertiary/aromatic N) is 1. The molecule has 0 heterocycles. The molecule has 3 heteroatoms. The van der Waals surface area contributed by atoms with Gasteiger partial charge in [-0.15, -0.1) is 0 Å². The summed E-state index contributed by atoms with van der Waals surface area (Å²) in [5.74, 6) is 2.39. The molecule has 0 aliphatic heterocycles. The molecule has 0 aromatic rings. The smallest absolute Gasteiger partial charge is 0.0589 e. The van der Waals surface area contributed by atoms with E-state index < -0.39 is 0 Å². The van der Waals surface area contributed by atoms with Gasteiger partial charge in [0.05, 0.1) is 6.61 Å². The quantitative estimate of drug-likeness (QED) is 0.741. The topological polar surface area (TPSA) is 24.5 Å². The highest BCUT2D eigenvalue weighted by Crippen LogP contribution is 2.33. The Kier molecular flexibility index (Phi) is 8.08. The first kappa shape index (κ1) is 17.9. The molecule has 3 unspecified atom stereocenters. The summed E-state index contributed by atoms with van der Waals surface area (Å²) in [5.41, 5.74) is 0. The van der Waals surface area contributed by atoms with Crippen molar-refractivity contribution in [1.29, 1.82) is 0 Å². The third kappa shape index (κ3) is 5.34. The summed E-state index contributed by atoms with van der Waals surface area (Å²) in [5, 5.41) is 3.56. The van der Waals surface area contributed by atoms with Crippen molar-refractivity contribution in [3.05, 3.63) is 0 Å². The van der Waals surface area contributed by atoms with Gasteiger partial charge in [0.15, 0.2) is 0 Å². The normalized spacial score (nSPS) is 27.8. The van der Waals surface area contributed by atoms with Crippen molar-refractivity contribution in [2.24, 2.45) is 17.8 Å². The predicted octanol–water partition coefficient (Wildman–Crippen LogP) is 3.00. The molecule has 0 radical (unpaired) electrons. The first-order valence-corrected chi connectivity index (χ1v) is 8.39. The molecule has 1 rings (SSSR count). The minimum Gasteiger partial charge on any atom is -0.383 e. The van der Waals surface area contributed by atoms with Crippen molar-refractivity contribution < 1.29 is 4.74 Å². The van der Waals surface area contributed by atoms with Crippen molar-refractivity contribution >= 4 is 0 Å². The lowest BCUT2D eigenvalue weighted by Gasteiger charge is -2.44. The van der Waals surface area contributed by atoms with Gasteiger partial charge in [-0.3, -0.25) is 4.90 Å². The van der Waals surface area contributed by atoms with Gasteiger partial charge in [-0.05, 0) is 44.1 Å². The van der Waals surface area contributed by atoms with Gasteiger partial charge >= 0.3 is 0 Å². The molecule has 20 heavy (non-hydrogen) atoms. The van der Waals surface area contributed by atoms with Crippen LogP contribution in [0.15, 0.2) is 0 Å². The van der Waals surface area contributed by atoms with Crippen LogP contribution in [0.1, 0.15) is 47.0 Å². The number of hydrogen-bond acceptors (Lipinski definition) is 3. The average Bonchev–Trinajstić information content (AvgIpc) is 2.42. The van der Waals surface area contributed by atoms with Crippen LogP contribution in [-0.4, -0.2) is 50.8 Å². The molecule has 120 valence electrons. The molecule has 0 amide bonds. The predicted molar refractivity (Wildman–Crippen MR) is 87.1 cm³/mol. The SMILES string of the molecule is CNC1CCC(C(C)C)CC1N(CCOC)CC(C)C. The van der Waals surface area contributed by atoms with Crippen molar-refractivity contribution in [3.63, 3.8) is 0 Å². The second-order valence-electron chi connectivity index (χ2n) is 7.16. The number of likely N-dealkylation sites (N-methyl/N-ethyl adjacent to an activating group) is 1. The molecule has 0 bridgehead atoms. The number of rotatable bonds is 8. The molecule has 0 spiro atoms. The van der Waals surface area contributed by atoms with Gasteiger partial charge in [0.2, 0.25) is 0 Å². The molecule has 0 saturated heterocycles. The molecule has 1 saturated carbocycles. The number of ether oxygens (including phenoxy) is 1. The van der Waals surface area contributed by atoms with Crippen molar-refractivity contribution in [2.75, 3.05) is 33.9 Å². The van der Waals surface area contributed by atoms with Crippen LogP contribution in [0, 0.1) is 17.8 Å². The minimum atomic E-state index is 0.639. The third-order valence-corrected chi connectivity index (χ3v) is 4.82. The number of hydrogen-bond donors (Lipinski definition) is 1. The maximum Gasteiger partial charge on any atom is 0.0589 e. The fraction of sp³-hybridized carbons (Fsp3) is 1.00. The average molecular weight is 284 g/mol. The summed E-state index contributed by atoms with van der Waals surface area (Å²) in [6, 6.07) is 1.30. The Balaban J connectivity index is 2.75. The van der Waals surface area contributed by atoms with E-state index in [9.17, 15) is 0 Å². The van der Waals surface area contributed by atoms with Gasteiger partial charge in [-0.2, -0.15) is 0 Å². The van der Waals surface area contributed by atoms with Crippen molar-refractivity contribution in [3.8, 4) is 0 Å². The Morgan fingerprint density at radius 3 is 2.40 bits per heavy atom. The molecular weight excluding hydrogens is 248 g/mol. The van der Waals surface area contributed by atoms with E-state index in [4.69, 9.17) is 4.74 Å². The van der Waals surface area contributed by atoms with E-state index >= 15 is 0 Å². The van der Waals surface area contributed by atoms with E-state index in [-0.39, 0.29) is 0 Å². The van der Waals surface area contributed by atoms with Crippen LogP contribution in [-0.2, 0) is 4.74 Å². The molecule has 0 aromatic carbocycles. The van der Waals surface area contributed by atoms with Crippen LogP contribution >= 0.6 is 0 Å². The molecule has 3 nitrogen and oxygen atoms in total. The number of methoxy groups -OCH3 is 1. The summed E-state index contributed by atoms with van der Waals surface area (Å²) in [7, 11) is 3.93. The van der Waals surface area contributed by atoms with E-state index in [0.717, 1.165) is 25.0 Å². The van der Waals surface area contributed by atoms with Gasteiger partial charge in [0, 0.05) is 32.3 Å². The highest BCUT2D eigenvalue weighted by atomic mass is 16.5. The Labute approximate surface area is 126 Å². The summed E-state index contributed by atoms with van der Waals surface area (Å²) < 4.78 is 5.33. The zero-order valence-electron chi connectivity index (χ0n) is 14.5. The lowest BCUT2D eigenvalue weighted by Crippen LogP contribution is -2.54. The Hall–Kier alpha value is -0.120. The van der Waals surface area contributed by atoms with Crippen molar-refractivity contribution in [2.45, 2.75) is 59.0 Å². The highest BCUT2D eigenvalue weighted by molar-refractivity contribution is 4.91. The fourth-order valence-electron chi connectivity index (χ4n) is 3.59. The Morgan fingerprint density at radius 1 is 1.20 bits per heavy atom. The van der Waals surface area contributed by atoms with E-state index in [2.05, 4.69) is 45.0 Å². The monoisotopic (exact) mass is 284 g/mol. The first-order chi connectivity index (χ1) is 9.49. The summed E-state index contributed by atoms with van der Waals surface area (Å²) >= 11 is 0. The van der Waals surface area contributed by atoms with Crippen molar-refractivity contribution in [1.82, 2.24) is 10.2 Å². The van der Waals surface area contributed by atoms with Crippen LogP contribution in [0.4, 0.5) is 0 Å². The van der Waals surface area contributed by atoms with Gasteiger partial charge in [0.25, 0.3) is 0 Å². The molecule has 3 atom stereocenters. The molecule has 0 aromatic heterocycles. The van der Waals surface area contributed by atoms with E-state index in [1.165, 1.54) is 25.8 Å². The summed E-state index contributed by atoms with van der Waals surface area (Å²) in [6.45, 7) is 12.5. The van der Waals surface area contributed by atoms with Crippen LogP contribution in [0.2, 0.25) is 0 Å². The summed E-state index contributed by atoms with van der Waals surface area (Å²) in [6.07, 6.45) is 4.02. The van der Waals surface area contributed by atoms with Gasteiger partial charge in [-0.25, -0.2) is 0 Å². The van der Waals surface area contributed by atoms with E-state index in [1.807, 2.05) is 0 Å². The van der Waals surface area contributed by atoms with Crippen LogP contribution in [0.3, 0.4) is 0 Å². The lowest BCUT2D eigenvalue weighted by molar-refractivity contribution is 0.0535. The van der Waals surface area contributed by atoms with Crippen LogP contribution in [0.5, 0.6) is 0 Å². The van der Waals surface area contributed by atoms with E-state index in [1.54, 1.807) is 7.11 Å². The zero-order chi connectivity index (χ0) is 15.1. The lowest BCUT2D eigenvalue weighted by atomic mass is 9.76. The maximum absolute atomic E-state index is 5.33.